The van der Waals surface area contributed by atoms with Gasteiger partial charge in [-0.3, -0.25) is 4.79 Å². The van der Waals surface area contributed by atoms with Crippen LogP contribution in [0.2, 0.25) is 5.02 Å². The molecule has 0 fully saturated rings. The lowest BCUT2D eigenvalue weighted by atomic mass is 10.2. The molecule has 0 unspecified atom stereocenters. The van der Waals surface area contributed by atoms with Gasteiger partial charge in [0.25, 0.3) is 5.56 Å². The largest absolute Gasteiger partial charge is 0.326 e. The summed E-state index contributed by atoms with van der Waals surface area (Å²) in [5.41, 5.74) is -0.506. The van der Waals surface area contributed by atoms with E-state index in [9.17, 15) is 13.2 Å². The molecule has 0 atom stereocenters. The van der Waals surface area contributed by atoms with Crippen LogP contribution < -0.4 is 10.3 Å². The second-order valence-electron chi connectivity index (χ2n) is 3.65. The fourth-order valence-corrected chi connectivity index (χ4v) is 2.97. The molecule has 0 radical (unpaired) electrons. The molecule has 0 saturated carbocycles. The molecule has 2 N–H and O–H groups in total. The van der Waals surface area contributed by atoms with Crippen molar-refractivity contribution in [2.45, 2.75) is 37.6 Å². The normalized spacial score (nSPS) is 12.0. The van der Waals surface area contributed by atoms with Gasteiger partial charge in [-0.1, -0.05) is 25.4 Å². The number of halogens is 1. The van der Waals surface area contributed by atoms with E-state index in [1.54, 1.807) is 0 Å². The molecule has 1 heterocycles. The topological polar surface area (TPSA) is 79.0 Å². The van der Waals surface area contributed by atoms with Crippen LogP contribution in [0.5, 0.6) is 0 Å². The predicted octanol–water partition coefficient (Wildman–Crippen LogP) is 1.50. The zero-order valence-corrected chi connectivity index (χ0v) is 11.2. The van der Waals surface area contributed by atoms with Crippen LogP contribution in [0.25, 0.3) is 0 Å². The Hall–Kier alpha value is -0.850. The highest BCUT2D eigenvalue weighted by atomic mass is 35.5. The second-order valence-corrected chi connectivity index (χ2v) is 5.77. The first-order valence-electron chi connectivity index (χ1n) is 5.31. The molecule has 0 aliphatic rings. The third-order valence-corrected chi connectivity index (χ3v) is 4.23. The first-order chi connectivity index (χ1) is 7.90. The number of rotatable bonds is 5. The van der Waals surface area contributed by atoms with Crippen molar-refractivity contribution in [1.29, 1.82) is 0 Å². The molecular weight excluding hydrogens is 264 g/mol. The molecule has 0 aliphatic carbocycles. The van der Waals surface area contributed by atoms with Gasteiger partial charge in [-0.05, 0) is 18.9 Å². The Morgan fingerprint density at radius 3 is 2.47 bits per heavy atom. The number of aromatic nitrogens is 1. The van der Waals surface area contributed by atoms with Gasteiger partial charge < -0.3 is 4.98 Å². The zero-order valence-electron chi connectivity index (χ0n) is 9.66. The standard InChI is InChI=1S/C10H15ClN2O3S/c1-3-7(4-2)13-17(15,16)8-5-9(11)10(14)12-6-8/h5-7,13H,3-4H2,1-2H3,(H,12,14). The molecule has 96 valence electrons. The number of pyridine rings is 1. The number of hydrogen-bond acceptors (Lipinski definition) is 3. The van der Waals surface area contributed by atoms with E-state index in [1.165, 1.54) is 0 Å². The predicted molar refractivity (Wildman–Crippen MR) is 66.8 cm³/mol. The average Bonchev–Trinajstić information content (AvgIpc) is 2.29. The summed E-state index contributed by atoms with van der Waals surface area (Å²) < 4.78 is 26.4. The molecule has 0 bridgehead atoms. The molecular formula is C10H15ClN2O3S. The molecule has 5 nitrogen and oxygen atoms in total. The first kappa shape index (κ1) is 14.2. The van der Waals surface area contributed by atoms with Crippen LogP contribution >= 0.6 is 11.6 Å². The van der Waals surface area contributed by atoms with Gasteiger partial charge >= 0.3 is 0 Å². The summed E-state index contributed by atoms with van der Waals surface area (Å²) in [5, 5.41) is -0.141. The van der Waals surface area contributed by atoms with Crippen LogP contribution in [-0.4, -0.2) is 19.4 Å². The summed E-state index contributed by atoms with van der Waals surface area (Å²) in [7, 11) is -3.63. The molecule has 1 aromatic heterocycles. The lowest BCUT2D eigenvalue weighted by Gasteiger charge is -2.14. The molecule has 0 aromatic carbocycles. The monoisotopic (exact) mass is 278 g/mol. The van der Waals surface area contributed by atoms with E-state index in [0.29, 0.717) is 12.8 Å². The van der Waals surface area contributed by atoms with Crippen LogP contribution in [0.15, 0.2) is 22.0 Å². The van der Waals surface area contributed by atoms with Gasteiger partial charge in [0, 0.05) is 12.2 Å². The van der Waals surface area contributed by atoms with Crippen LogP contribution in [0.3, 0.4) is 0 Å². The van der Waals surface area contributed by atoms with E-state index in [4.69, 9.17) is 11.6 Å². The van der Waals surface area contributed by atoms with E-state index in [0.717, 1.165) is 12.3 Å². The van der Waals surface area contributed by atoms with Gasteiger partial charge in [0.15, 0.2) is 0 Å². The number of H-pyrrole nitrogens is 1. The molecule has 1 aromatic rings. The van der Waals surface area contributed by atoms with E-state index in [2.05, 4.69) is 9.71 Å². The summed E-state index contributed by atoms with van der Waals surface area (Å²) in [6.07, 6.45) is 2.54. The van der Waals surface area contributed by atoms with E-state index in [-0.39, 0.29) is 16.0 Å². The average molecular weight is 279 g/mol. The van der Waals surface area contributed by atoms with Gasteiger partial charge in [-0.2, -0.15) is 0 Å². The second kappa shape index (κ2) is 5.66. The summed E-state index contributed by atoms with van der Waals surface area (Å²) in [6, 6.07) is 1.02. The van der Waals surface area contributed by atoms with Crippen molar-refractivity contribution < 1.29 is 8.42 Å². The fraction of sp³-hybridized carbons (Fsp3) is 0.500. The van der Waals surface area contributed by atoms with Crippen molar-refractivity contribution in [3.05, 3.63) is 27.6 Å². The van der Waals surface area contributed by atoms with Crippen LogP contribution in [0.4, 0.5) is 0 Å². The van der Waals surface area contributed by atoms with Crippen molar-refractivity contribution >= 4 is 21.6 Å². The SMILES string of the molecule is CCC(CC)NS(=O)(=O)c1c[nH]c(=O)c(Cl)c1. The van der Waals surface area contributed by atoms with Crippen molar-refractivity contribution in [3.8, 4) is 0 Å². The Labute approximate surface area is 105 Å². The van der Waals surface area contributed by atoms with Gasteiger partial charge in [0.1, 0.15) is 5.02 Å². The van der Waals surface area contributed by atoms with Crippen molar-refractivity contribution in [3.63, 3.8) is 0 Å². The highest BCUT2D eigenvalue weighted by Gasteiger charge is 2.18. The minimum atomic E-state index is -3.63. The number of hydrogen-bond donors (Lipinski definition) is 2. The highest BCUT2D eigenvalue weighted by Crippen LogP contribution is 2.12. The van der Waals surface area contributed by atoms with E-state index < -0.39 is 15.6 Å². The summed E-state index contributed by atoms with van der Waals surface area (Å²) >= 11 is 5.59. The summed E-state index contributed by atoms with van der Waals surface area (Å²) in [4.78, 5) is 13.3. The molecule has 0 saturated heterocycles. The Bertz CT molecular complexity index is 535. The maximum Gasteiger partial charge on any atom is 0.266 e. The molecule has 7 heteroatoms. The van der Waals surface area contributed by atoms with Gasteiger partial charge in [0.2, 0.25) is 10.0 Å². The van der Waals surface area contributed by atoms with Gasteiger partial charge in [0.05, 0.1) is 4.90 Å². The van der Waals surface area contributed by atoms with Crippen molar-refractivity contribution in [2.75, 3.05) is 0 Å². The number of nitrogens with one attached hydrogen (secondary N) is 2. The maximum atomic E-state index is 11.9. The Kier molecular flexibility index (Phi) is 4.73. The van der Waals surface area contributed by atoms with E-state index in [1.807, 2.05) is 13.8 Å². The Morgan fingerprint density at radius 2 is 2.00 bits per heavy atom. The van der Waals surface area contributed by atoms with E-state index >= 15 is 0 Å². The lowest BCUT2D eigenvalue weighted by Crippen LogP contribution is -2.34. The number of aromatic amines is 1. The van der Waals surface area contributed by atoms with Crippen LogP contribution in [-0.2, 0) is 10.0 Å². The third kappa shape index (κ3) is 3.55. The summed E-state index contributed by atoms with van der Waals surface area (Å²) in [6.45, 7) is 3.80. The third-order valence-electron chi connectivity index (χ3n) is 2.45. The minimum absolute atomic E-state index is 0.0333. The van der Waals surface area contributed by atoms with Crippen LogP contribution in [0, 0.1) is 0 Å². The maximum absolute atomic E-state index is 11.9. The van der Waals surface area contributed by atoms with Crippen molar-refractivity contribution in [1.82, 2.24) is 9.71 Å². The highest BCUT2D eigenvalue weighted by molar-refractivity contribution is 7.89. The molecule has 1 rings (SSSR count). The Morgan fingerprint density at radius 1 is 1.41 bits per heavy atom. The first-order valence-corrected chi connectivity index (χ1v) is 7.17. The van der Waals surface area contributed by atoms with Crippen LogP contribution in [0.1, 0.15) is 26.7 Å². The van der Waals surface area contributed by atoms with Crippen molar-refractivity contribution in [2.24, 2.45) is 0 Å². The quantitative estimate of drug-likeness (QED) is 0.856. The number of sulfonamides is 1. The molecule has 0 aliphatic heterocycles. The lowest BCUT2D eigenvalue weighted by molar-refractivity contribution is 0.530. The smallest absolute Gasteiger partial charge is 0.266 e. The van der Waals surface area contributed by atoms with Gasteiger partial charge in [-0.25, -0.2) is 13.1 Å². The van der Waals surface area contributed by atoms with Gasteiger partial charge in [-0.15, -0.1) is 0 Å². The Balaban J connectivity index is 3.05. The molecule has 0 spiro atoms. The minimum Gasteiger partial charge on any atom is -0.326 e. The summed E-state index contributed by atoms with van der Waals surface area (Å²) in [5.74, 6) is 0. The zero-order chi connectivity index (χ0) is 13.1. The molecule has 17 heavy (non-hydrogen) atoms. The fourth-order valence-electron chi connectivity index (χ4n) is 1.34. The molecule has 0 amide bonds.